The third kappa shape index (κ3) is 3.30. The molecule has 2 N–H and O–H groups in total. The van der Waals surface area contributed by atoms with Gasteiger partial charge in [-0.3, -0.25) is 4.79 Å². The fourth-order valence-corrected chi connectivity index (χ4v) is 4.01. The molecule has 1 aliphatic heterocycles. The lowest BCUT2D eigenvalue weighted by Gasteiger charge is -2.34. The second-order valence-electron chi connectivity index (χ2n) is 7.94. The Labute approximate surface area is 143 Å². The van der Waals surface area contributed by atoms with Crippen molar-refractivity contribution in [3.8, 4) is 5.75 Å². The average Bonchev–Trinajstić information content (AvgIpc) is 2.58. The van der Waals surface area contributed by atoms with Gasteiger partial charge in [0.25, 0.3) is 0 Å². The molecule has 2 atom stereocenters. The predicted octanol–water partition coefficient (Wildman–Crippen LogP) is 4.06. The van der Waals surface area contributed by atoms with E-state index in [4.69, 9.17) is 4.74 Å². The lowest BCUT2D eigenvalue weighted by molar-refractivity contribution is -0.142. The maximum atomic E-state index is 11.4. The SMILES string of the molecule is CC(C)(C(=O)O)c1ccc2c(c1)OC[C@H](CC1CCCCC1)[C@H]2O. The number of hydrogen-bond acceptors (Lipinski definition) is 3. The largest absolute Gasteiger partial charge is 0.493 e. The van der Waals surface area contributed by atoms with Gasteiger partial charge in [0, 0.05) is 11.5 Å². The highest BCUT2D eigenvalue weighted by Gasteiger charge is 2.35. The van der Waals surface area contributed by atoms with Crippen molar-refractivity contribution in [1.82, 2.24) is 0 Å². The van der Waals surface area contributed by atoms with Crippen LogP contribution in [0.2, 0.25) is 0 Å². The number of aliphatic hydroxyl groups excluding tert-OH is 1. The van der Waals surface area contributed by atoms with Crippen molar-refractivity contribution in [3.63, 3.8) is 0 Å². The van der Waals surface area contributed by atoms with Crippen LogP contribution in [0.1, 0.15) is 69.6 Å². The van der Waals surface area contributed by atoms with Gasteiger partial charge in [-0.15, -0.1) is 0 Å². The number of ether oxygens (including phenoxy) is 1. The van der Waals surface area contributed by atoms with Gasteiger partial charge in [0.2, 0.25) is 0 Å². The Morgan fingerprint density at radius 2 is 1.96 bits per heavy atom. The van der Waals surface area contributed by atoms with Gasteiger partial charge in [-0.05, 0) is 37.8 Å². The minimum Gasteiger partial charge on any atom is -0.493 e. The van der Waals surface area contributed by atoms with E-state index in [9.17, 15) is 15.0 Å². The topological polar surface area (TPSA) is 66.8 Å². The van der Waals surface area contributed by atoms with Crippen LogP contribution in [0.5, 0.6) is 5.75 Å². The molecule has 0 bridgehead atoms. The predicted molar refractivity (Wildman–Crippen MR) is 92.2 cm³/mol. The first-order valence-corrected chi connectivity index (χ1v) is 9.08. The number of aliphatic hydroxyl groups is 1. The molecule has 1 saturated carbocycles. The fraction of sp³-hybridized carbons (Fsp3) is 0.650. The maximum absolute atomic E-state index is 11.4. The Hall–Kier alpha value is -1.55. The minimum absolute atomic E-state index is 0.138. The maximum Gasteiger partial charge on any atom is 0.313 e. The van der Waals surface area contributed by atoms with Crippen LogP contribution >= 0.6 is 0 Å². The summed E-state index contributed by atoms with van der Waals surface area (Å²) in [7, 11) is 0. The van der Waals surface area contributed by atoms with Gasteiger partial charge in [0.05, 0.1) is 18.1 Å². The van der Waals surface area contributed by atoms with Crippen LogP contribution in [-0.2, 0) is 10.2 Å². The van der Waals surface area contributed by atoms with Crippen molar-refractivity contribution >= 4 is 5.97 Å². The number of rotatable bonds is 4. The van der Waals surface area contributed by atoms with Crippen molar-refractivity contribution < 1.29 is 19.7 Å². The van der Waals surface area contributed by atoms with Crippen molar-refractivity contribution in [1.29, 1.82) is 0 Å². The van der Waals surface area contributed by atoms with Gasteiger partial charge < -0.3 is 14.9 Å². The standard InChI is InChI=1S/C20H28O4/c1-20(2,19(22)23)15-8-9-16-17(11-15)24-12-14(18(16)21)10-13-6-4-3-5-7-13/h8-9,11,13-14,18,21H,3-7,10,12H2,1-2H3,(H,22,23)/t14-,18+/m0/s1. The highest BCUT2D eigenvalue weighted by molar-refractivity contribution is 5.80. The van der Waals surface area contributed by atoms with Gasteiger partial charge in [-0.25, -0.2) is 0 Å². The molecular formula is C20H28O4. The van der Waals surface area contributed by atoms with E-state index in [1.165, 1.54) is 32.1 Å². The number of aliphatic carboxylic acids is 1. The smallest absolute Gasteiger partial charge is 0.313 e. The van der Waals surface area contributed by atoms with E-state index in [2.05, 4.69) is 0 Å². The Balaban J connectivity index is 1.76. The zero-order valence-corrected chi connectivity index (χ0v) is 14.6. The number of carboxylic acid groups (broad SMARTS) is 1. The highest BCUT2D eigenvalue weighted by atomic mass is 16.5. The molecular weight excluding hydrogens is 304 g/mol. The first-order chi connectivity index (χ1) is 11.4. The Bertz CT molecular complexity index is 602. The van der Waals surface area contributed by atoms with E-state index >= 15 is 0 Å². The molecule has 2 aliphatic rings. The number of hydrogen-bond donors (Lipinski definition) is 2. The summed E-state index contributed by atoms with van der Waals surface area (Å²) in [5.74, 6) is 0.607. The molecule has 132 valence electrons. The molecule has 1 aromatic carbocycles. The first kappa shape index (κ1) is 17.3. The Kier molecular flexibility index (Phi) is 4.86. The van der Waals surface area contributed by atoms with Crippen LogP contribution in [0.25, 0.3) is 0 Å². The number of benzene rings is 1. The van der Waals surface area contributed by atoms with E-state index < -0.39 is 17.5 Å². The van der Waals surface area contributed by atoms with Crippen molar-refractivity contribution in [2.75, 3.05) is 6.61 Å². The van der Waals surface area contributed by atoms with E-state index in [-0.39, 0.29) is 5.92 Å². The van der Waals surface area contributed by atoms with Gasteiger partial charge in [-0.1, -0.05) is 44.2 Å². The second kappa shape index (κ2) is 6.75. The van der Waals surface area contributed by atoms with Crippen molar-refractivity contribution in [2.45, 2.75) is 63.9 Å². The molecule has 0 aromatic heterocycles. The van der Waals surface area contributed by atoms with Crippen LogP contribution in [0, 0.1) is 11.8 Å². The summed E-state index contributed by atoms with van der Waals surface area (Å²) in [6, 6.07) is 5.43. The van der Waals surface area contributed by atoms with Crippen molar-refractivity contribution in [2.24, 2.45) is 11.8 Å². The molecule has 0 saturated heterocycles. The lowest BCUT2D eigenvalue weighted by Crippen LogP contribution is -2.31. The fourth-order valence-electron chi connectivity index (χ4n) is 4.01. The zero-order valence-electron chi connectivity index (χ0n) is 14.6. The van der Waals surface area contributed by atoms with Crippen molar-refractivity contribution in [3.05, 3.63) is 29.3 Å². The molecule has 0 unspecified atom stereocenters. The zero-order chi connectivity index (χ0) is 17.3. The quantitative estimate of drug-likeness (QED) is 0.872. The number of fused-ring (bicyclic) bond motifs is 1. The lowest BCUT2D eigenvalue weighted by atomic mass is 9.78. The molecule has 1 fully saturated rings. The summed E-state index contributed by atoms with van der Waals surface area (Å²) in [5.41, 5.74) is 0.529. The molecule has 0 radical (unpaired) electrons. The molecule has 3 rings (SSSR count). The average molecular weight is 332 g/mol. The van der Waals surface area contributed by atoms with E-state index in [0.29, 0.717) is 23.8 Å². The number of carboxylic acids is 1. The minimum atomic E-state index is -0.970. The van der Waals surface area contributed by atoms with Crippen LogP contribution in [-0.4, -0.2) is 22.8 Å². The summed E-state index contributed by atoms with van der Waals surface area (Å²) in [5, 5.41) is 20.1. The van der Waals surface area contributed by atoms with Gasteiger partial charge in [0.15, 0.2) is 0 Å². The molecule has 1 aromatic rings. The molecule has 24 heavy (non-hydrogen) atoms. The first-order valence-electron chi connectivity index (χ1n) is 9.08. The molecule has 0 spiro atoms. The molecule has 4 nitrogen and oxygen atoms in total. The summed E-state index contributed by atoms with van der Waals surface area (Å²) in [6.07, 6.45) is 6.98. The van der Waals surface area contributed by atoms with Crippen LogP contribution in [0.3, 0.4) is 0 Å². The summed E-state index contributed by atoms with van der Waals surface area (Å²) in [6.45, 7) is 3.88. The molecule has 4 heteroatoms. The van der Waals surface area contributed by atoms with Crippen LogP contribution in [0.15, 0.2) is 18.2 Å². The second-order valence-corrected chi connectivity index (χ2v) is 7.94. The molecule has 1 aliphatic carbocycles. The molecule has 0 amide bonds. The Morgan fingerprint density at radius 1 is 1.25 bits per heavy atom. The van der Waals surface area contributed by atoms with Gasteiger partial charge in [-0.2, -0.15) is 0 Å². The van der Waals surface area contributed by atoms with E-state index in [1.54, 1.807) is 19.9 Å². The van der Waals surface area contributed by atoms with E-state index in [0.717, 1.165) is 12.0 Å². The normalized spacial score (nSPS) is 25.0. The highest BCUT2D eigenvalue weighted by Crippen LogP contribution is 2.42. The van der Waals surface area contributed by atoms with Crippen LogP contribution < -0.4 is 4.74 Å². The summed E-state index contributed by atoms with van der Waals surface area (Å²) < 4.78 is 5.91. The Morgan fingerprint density at radius 3 is 2.62 bits per heavy atom. The summed E-state index contributed by atoms with van der Waals surface area (Å²) in [4.78, 5) is 11.4. The van der Waals surface area contributed by atoms with Gasteiger partial charge >= 0.3 is 5.97 Å². The monoisotopic (exact) mass is 332 g/mol. The molecule has 1 heterocycles. The van der Waals surface area contributed by atoms with Crippen LogP contribution in [0.4, 0.5) is 0 Å². The van der Waals surface area contributed by atoms with Gasteiger partial charge in [0.1, 0.15) is 5.75 Å². The third-order valence-electron chi connectivity index (χ3n) is 5.85. The third-order valence-corrected chi connectivity index (χ3v) is 5.85. The number of carbonyl (C=O) groups is 1. The summed E-state index contributed by atoms with van der Waals surface area (Å²) >= 11 is 0. The van der Waals surface area contributed by atoms with E-state index in [1.807, 2.05) is 12.1 Å².